The third-order valence-electron chi connectivity index (χ3n) is 2.10. The van der Waals surface area contributed by atoms with Crippen molar-refractivity contribution in [2.24, 2.45) is 0 Å². The second-order valence-electron chi connectivity index (χ2n) is 4.82. The van der Waals surface area contributed by atoms with E-state index in [-0.39, 0.29) is 5.56 Å². The molecule has 1 aromatic carbocycles. The standard InChI is InChI=1S/C13H16BrFO3/c1-13(2,3)18-12(16)11(17-4)9-7-8(14)5-6-10(9)15/h5-7,11H,1-4H3. The molecule has 18 heavy (non-hydrogen) atoms. The molecule has 5 heteroatoms. The number of carbonyl (C=O) groups excluding carboxylic acids is 1. The van der Waals surface area contributed by atoms with Gasteiger partial charge in [-0.15, -0.1) is 0 Å². The van der Waals surface area contributed by atoms with Crippen LogP contribution in [0.2, 0.25) is 0 Å². The van der Waals surface area contributed by atoms with Crippen LogP contribution in [0, 0.1) is 5.82 Å². The Balaban J connectivity index is 3.02. The molecule has 0 aromatic heterocycles. The predicted molar refractivity (Wildman–Crippen MR) is 69.7 cm³/mol. The van der Waals surface area contributed by atoms with E-state index in [1.165, 1.54) is 19.2 Å². The smallest absolute Gasteiger partial charge is 0.340 e. The third-order valence-corrected chi connectivity index (χ3v) is 2.59. The van der Waals surface area contributed by atoms with Gasteiger partial charge in [-0.2, -0.15) is 0 Å². The lowest BCUT2D eigenvalue weighted by Gasteiger charge is -2.23. The maximum Gasteiger partial charge on any atom is 0.340 e. The first-order valence-electron chi connectivity index (χ1n) is 5.45. The molecule has 0 aliphatic carbocycles. The summed E-state index contributed by atoms with van der Waals surface area (Å²) in [4.78, 5) is 11.9. The number of benzene rings is 1. The van der Waals surface area contributed by atoms with Gasteiger partial charge in [-0.3, -0.25) is 0 Å². The fourth-order valence-electron chi connectivity index (χ4n) is 1.42. The van der Waals surface area contributed by atoms with Crippen LogP contribution in [0.15, 0.2) is 22.7 Å². The first-order chi connectivity index (χ1) is 8.24. The maximum absolute atomic E-state index is 13.7. The maximum atomic E-state index is 13.7. The first kappa shape index (κ1) is 15.1. The van der Waals surface area contributed by atoms with Crippen LogP contribution in [0.25, 0.3) is 0 Å². The van der Waals surface area contributed by atoms with Crippen molar-refractivity contribution in [1.29, 1.82) is 0 Å². The highest BCUT2D eigenvalue weighted by Crippen LogP contribution is 2.26. The number of hydrogen-bond donors (Lipinski definition) is 0. The molecule has 0 spiro atoms. The molecule has 0 amide bonds. The summed E-state index contributed by atoms with van der Waals surface area (Å²) in [5, 5.41) is 0. The van der Waals surface area contributed by atoms with Crippen LogP contribution in [0.1, 0.15) is 32.4 Å². The fourth-order valence-corrected chi connectivity index (χ4v) is 1.80. The van der Waals surface area contributed by atoms with Crippen molar-refractivity contribution in [3.63, 3.8) is 0 Å². The van der Waals surface area contributed by atoms with E-state index in [2.05, 4.69) is 15.9 Å². The Bertz CT molecular complexity index is 440. The number of methoxy groups -OCH3 is 1. The minimum absolute atomic E-state index is 0.154. The van der Waals surface area contributed by atoms with Gasteiger partial charge in [0.05, 0.1) is 0 Å². The zero-order valence-electron chi connectivity index (χ0n) is 10.8. The molecular formula is C13H16BrFO3. The van der Waals surface area contributed by atoms with Gasteiger partial charge in [0.2, 0.25) is 0 Å². The van der Waals surface area contributed by atoms with E-state index in [9.17, 15) is 9.18 Å². The SMILES string of the molecule is COC(C(=O)OC(C)(C)C)c1cc(Br)ccc1F. The van der Waals surface area contributed by atoms with Crippen molar-refractivity contribution >= 4 is 21.9 Å². The summed E-state index contributed by atoms with van der Waals surface area (Å²) in [6.07, 6.45) is -1.07. The van der Waals surface area contributed by atoms with Gasteiger partial charge in [0.1, 0.15) is 11.4 Å². The quantitative estimate of drug-likeness (QED) is 0.798. The van der Waals surface area contributed by atoms with Crippen molar-refractivity contribution in [2.75, 3.05) is 7.11 Å². The lowest BCUT2D eigenvalue weighted by Crippen LogP contribution is -2.29. The Kier molecular flexibility index (Phi) is 4.87. The number of esters is 1. The molecule has 0 heterocycles. The van der Waals surface area contributed by atoms with Crippen LogP contribution in [-0.4, -0.2) is 18.7 Å². The molecule has 0 saturated carbocycles. The molecule has 0 fully saturated rings. The van der Waals surface area contributed by atoms with E-state index in [4.69, 9.17) is 9.47 Å². The van der Waals surface area contributed by atoms with Crippen molar-refractivity contribution in [2.45, 2.75) is 32.5 Å². The molecule has 0 aliphatic heterocycles. The highest BCUT2D eigenvalue weighted by molar-refractivity contribution is 9.10. The number of hydrogen-bond acceptors (Lipinski definition) is 3. The number of rotatable bonds is 3. The molecule has 1 atom stereocenters. The van der Waals surface area contributed by atoms with Crippen LogP contribution < -0.4 is 0 Å². The topological polar surface area (TPSA) is 35.5 Å². The minimum Gasteiger partial charge on any atom is -0.458 e. The molecule has 1 unspecified atom stereocenters. The van der Waals surface area contributed by atoms with Crippen molar-refractivity contribution in [1.82, 2.24) is 0 Å². The van der Waals surface area contributed by atoms with E-state index in [1.807, 2.05) is 0 Å². The molecule has 0 radical (unpaired) electrons. The van der Waals surface area contributed by atoms with Gasteiger partial charge in [0, 0.05) is 17.1 Å². The van der Waals surface area contributed by atoms with Crippen LogP contribution in [0.4, 0.5) is 4.39 Å². The largest absolute Gasteiger partial charge is 0.458 e. The highest BCUT2D eigenvalue weighted by atomic mass is 79.9. The number of ether oxygens (including phenoxy) is 2. The first-order valence-corrected chi connectivity index (χ1v) is 6.24. The zero-order chi connectivity index (χ0) is 13.9. The van der Waals surface area contributed by atoms with Gasteiger partial charge in [0.25, 0.3) is 0 Å². The van der Waals surface area contributed by atoms with Crippen LogP contribution in [0.5, 0.6) is 0 Å². The fraction of sp³-hybridized carbons (Fsp3) is 0.462. The van der Waals surface area contributed by atoms with E-state index >= 15 is 0 Å². The third kappa shape index (κ3) is 4.07. The number of halogens is 2. The summed E-state index contributed by atoms with van der Waals surface area (Å²) in [5.74, 6) is -1.11. The molecule has 1 aromatic rings. The molecule has 1 rings (SSSR count). The highest BCUT2D eigenvalue weighted by Gasteiger charge is 2.28. The monoisotopic (exact) mass is 318 g/mol. The average molecular weight is 319 g/mol. The Morgan fingerprint density at radius 3 is 2.50 bits per heavy atom. The minimum atomic E-state index is -1.07. The normalized spacial score (nSPS) is 13.2. The van der Waals surface area contributed by atoms with Gasteiger partial charge in [-0.25, -0.2) is 9.18 Å². The summed E-state index contributed by atoms with van der Waals surface area (Å²) in [6.45, 7) is 5.23. The molecular weight excluding hydrogens is 303 g/mol. The molecule has 0 bridgehead atoms. The van der Waals surface area contributed by atoms with E-state index in [0.29, 0.717) is 4.47 Å². The Morgan fingerprint density at radius 1 is 1.39 bits per heavy atom. The summed E-state index contributed by atoms with van der Waals surface area (Å²) in [5.41, 5.74) is -0.489. The molecule has 0 N–H and O–H groups in total. The van der Waals surface area contributed by atoms with Gasteiger partial charge in [-0.05, 0) is 39.0 Å². The lowest BCUT2D eigenvalue weighted by atomic mass is 10.1. The second kappa shape index (κ2) is 5.80. The average Bonchev–Trinajstić information content (AvgIpc) is 2.21. The molecule has 3 nitrogen and oxygen atoms in total. The second-order valence-corrected chi connectivity index (χ2v) is 5.73. The van der Waals surface area contributed by atoms with Crippen LogP contribution in [-0.2, 0) is 14.3 Å². The van der Waals surface area contributed by atoms with Gasteiger partial charge in [-0.1, -0.05) is 15.9 Å². The van der Waals surface area contributed by atoms with E-state index in [0.717, 1.165) is 0 Å². The molecule has 100 valence electrons. The van der Waals surface area contributed by atoms with Crippen LogP contribution >= 0.6 is 15.9 Å². The van der Waals surface area contributed by atoms with Crippen molar-refractivity contribution in [3.05, 3.63) is 34.1 Å². The summed E-state index contributed by atoms with van der Waals surface area (Å²) < 4.78 is 24.6. The van der Waals surface area contributed by atoms with Crippen LogP contribution in [0.3, 0.4) is 0 Å². The van der Waals surface area contributed by atoms with Gasteiger partial charge < -0.3 is 9.47 Å². The molecule has 0 saturated heterocycles. The summed E-state index contributed by atoms with van der Waals surface area (Å²) in [6, 6.07) is 4.34. The predicted octanol–water partition coefficient (Wildman–Crippen LogP) is 3.62. The van der Waals surface area contributed by atoms with Gasteiger partial charge >= 0.3 is 5.97 Å². The summed E-state index contributed by atoms with van der Waals surface area (Å²) >= 11 is 3.23. The van der Waals surface area contributed by atoms with Gasteiger partial charge in [0.15, 0.2) is 6.10 Å². The zero-order valence-corrected chi connectivity index (χ0v) is 12.4. The molecule has 0 aliphatic rings. The summed E-state index contributed by atoms with van der Waals surface area (Å²) in [7, 11) is 1.34. The Morgan fingerprint density at radius 2 is 2.00 bits per heavy atom. The number of carbonyl (C=O) groups is 1. The Labute approximate surface area is 114 Å². The van der Waals surface area contributed by atoms with Crippen molar-refractivity contribution < 1.29 is 18.7 Å². The van der Waals surface area contributed by atoms with E-state index < -0.39 is 23.5 Å². The van der Waals surface area contributed by atoms with E-state index in [1.54, 1.807) is 26.8 Å². The Hall–Kier alpha value is -0.940. The lowest BCUT2D eigenvalue weighted by molar-refractivity contribution is -0.167. The van der Waals surface area contributed by atoms with Crippen molar-refractivity contribution in [3.8, 4) is 0 Å².